The zero-order chi connectivity index (χ0) is 18.6. The van der Waals surface area contributed by atoms with Crippen molar-refractivity contribution in [3.63, 3.8) is 0 Å². The average molecular weight is 369 g/mol. The second kappa shape index (κ2) is 7.75. The van der Waals surface area contributed by atoms with Crippen molar-refractivity contribution in [2.24, 2.45) is 5.92 Å². The van der Waals surface area contributed by atoms with E-state index in [-0.39, 0.29) is 29.7 Å². The predicted octanol–water partition coefficient (Wildman–Crippen LogP) is 2.41. The Balaban J connectivity index is 2.19. The van der Waals surface area contributed by atoms with Gasteiger partial charge in [-0.3, -0.25) is 4.79 Å². The highest BCUT2D eigenvalue weighted by Gasteiger charge is 2.27. The van der Waals surface area contributed by atoms with Gasteiger partial charge in [0.15, 0.2) is 5.82 Å². The van der Waals surface area contributed by atoms with Crippen LogP contribution in [0.15, 0.2) is 39.8 Å². The topological polar surface area (TPSA) is 92.5 Å². The van der Waals surface area contributed by atoms with Gasteiger partial charge in [0, 0.05) is 12.6 Å². The van der Waals surface area contributed by atoms with E-state index >= 15 is 0 Å². The molecule has 1 aromatic carbocycles. The molecule has 0 atom stereocenters. The van der Waals surface area contributed by atoms with Crippen molar-refractivity contribution in [1.82, 2.24) is 9.46 Å². The maximum absolute atomic E-state index is 13.1. The first-order valence-electron chi connectivity index (χ1n) is 7.67. The van der Waals surface area contributed by atoms with Crippen LogP contribution in [0, 0.1) is 18.7 Å². The molecule has 0 bridgehead atoms. The summed E-state index contributed by atoms with van der Waals surface area (Å²) in [6.45, 7) is 5.11. The number of nitrogens with zero attached hydrogens (tertiary/aromatic N) is 2. The lowest BCUT2D eigenvalue weighted by molar-refractivity contribution is -0.116. The van der Waals surface area contributed by atoms with E-state index in [2.05, 4.69) is 10.5 Å². The minimum Gasteiger partial charge on any atom is -0.360 e. The van der Waals surface area contributed by atoms with Crippen molar-refractivity contribution < 1.29 is 22.1 Å². The van der Waals surface area contributed by atoms with E-state index in [0.717, 1.165) is 16.4 Å². The Morgan fingerprint density at radius 3 is 2.48 bits per heavy atom. The molecule has 0 spiro atoms. The number of nitrogens with one attached hydrogen (secondary N) is 1. The predicted molar refractivity (Wildman–Crippen MR) is 89.9 cm³/mol. The van der Waals surface area contributed by atoms with E-state index in [0.29, 0.717) is 5.76 Å². The lowest BCUT2D eigenvalue weighted by Crippen LogP contribution is -2.40. The maximum Gasteiger partial charge on any atom is 0.243 e. The number of hydrogen-bond donors (Lipinski definition) is 1. The van der Waals surface area contributed by atoms with E-state index in [1.165, 1.54) is 18.2 Å². The summed E-state index contributed by atoms with van der Waals surface area (Å²) in [4.78, 5) is 12.1. The van der Waals surface area contributed by atoms with E-state index in [9.17, 15) is 17.6 Å². The van der Waals surface area contributed by atoms with Gasteiger partial charge in [-0.05, 0) is 37.1 Å². The first-order valence-corrected chi connectivity index (χ1v) is 9.11. The van der Waals surface area contributed by atoms with Gasteiger partial charge in [0.1, 0.15) is 11.6 Å². The second-order valence-electron chi connectivity index (χ2n) is 6.02. The number of anilines is 1. The van der Waals surface area contributed by atoms with Gasteiger partial charge in [0.25, 0.3) is 0 Å². The Morgan fingerprint density at radius 2 is 1.96 bits per heavy atom. The van der Waals surface area contributed by atoms with Gasteiger partial charge < -0.3 is 9.84 Å². The molecule has 7 nitrogen and oxygen atoms in total. The molecule has 9 heteroatoms. The minimum atomic E-state index is -3.93. The van der Waals surface area contributed by atoms with Crippen LogP contribution in [0.5, 0.6) is 0 Å². The summed E-state index contributed by atoms with van der Waals surface area (Å²) < 4.78 is 44.5. The average Bonchev–Trinajstić information content (AvgIpc) is 2.91. The molecule has 0 aliphatic carbocycles. The molecule has 1 N–H and O–H groups in total. The molecular weight excluding hydrogens is 349 g/mol. The molecule has 1 amide bonds. The Labute approximate surface area is 145 Å². The monoisotopic (exact) mass is 369 g/mol. The standard InChI is InChI=1S/C16H20FN3O4S/c1-11(2)9-20(10-16(21)18-15-8-12(3)24-19-15)25(22,23)14-6-4-13(17)5-7-14/h4-8,11H,9-10H2,1-3H3,(H,18,19,21). The summed E-state index contributed by atoms with van der Waals surface area (Å²) in [6, 6.07) is 6.02. The van der Waals surface area contributed by atoms with Crippen molar-refractivity contribution in [2.75, 3.05) is 18.4 Å². The van der Waals surface area contributed by atoms with Crippen molar-refractivity contribution in [1.29, 1.82) is 0 Å². The van der Waals surface area contributed by atoms with Crippen molar-refractivity contribution in [2.45, 2.75) is 25.7 Å². The third-order valence-electron chi connectivity index (χ3n) is 3.24. The first-order chi connectivity index (χ1) is 11.7. The number of aryl methyl sites for hydroxylation is 1. The van der Waals surface area contributed by atoms with Crippen molar-refractivity contribution >= 4 is 21.7 Å². The van der Waals surface area contributed by atoms with Crippen LogP contribution >= 0.6 is 0 Å². The van der Waals surface area contributed by atoms with Crippen molar-refractivity contribution in [3.8, 4) is 0 Å². The van der Waals surface area contributed by atoms with Crippen LogP contribution in [-0.4, -0.2) is 36.9 Å². The molecular formula is C16H20FN3O4S. The molecule has 2 aromatic rings. The number of halogens is 1. The number of benzene rings is 1. The number of hydrogen-bond acceptors (Lipinski definition) is 5. The van der Waals surface area contributed by atoms with E-state index in [1.54, 1.807) is 6.92 Å². The summed E-state index contributed by atoms with van der Waals surface area (Å²) in [5.41, 5.74) is 0. The van der Waals surface area contributed by atoms with Crippen LogP contribution in [-0.2, 0) is 14.8 Å². The zero-order valence-corrected chi connectivity index (χ0v) is 15.0. The Morgan fingerprint density at radius 1 is 1.32 bits per heavy atom. The molecule has 0 fully saturated rings. The Hall–Kier alpha value is -2.26. The quantitative estimate of drug-likeness (QED) is 0.809. The van der Waals surface area contributed by atoms with Gasteiger partial charge in [-0.15, -0.1) is 0 Å². The van der Waals surface area contributed by atoms with Crippen LogP contribution in [0.2, 0.25) is 0 Å². The first kappa shape index (κ1) is 19.1. The van der Waals surface area contributed by atoms with Crippen LogP contribution in [0.1, 0.15) is 19.6 Å². The summed E-state index contributed by atoms with van der Waals surface area (Å²) >= 11 is 0. The summed E-state index contributed by atoms with van der Waals surface area (Å²) in [5.74, 6) is -0.343. The zero-order valence-electron chi connectivity index (χ0n) is 14.2. The number of carbonyl (C=O) groups excluding carboxylic acids is 1. The fourth-order valence-corrected chi connectivity index (χ4v) is 3.74. The number of carbonyl (C=O) groups is 1. The number of rotatable bonds is 7. The van der Waals surface area contributed by atoms with Gasteiger partial charge >= 0.3 is 0 Å². The van der Waals surface area contributed by atoms with Crippen LogP contribution < -0.4 is 5.32 Å². The molecule has 0 saturated heterocycles. The largest absolute Gasteiger partial charge is 0.360 e. The number of amides is 1. The molecule has 136 valence electrons. The summed E-state index contributed by atoms with van der Waals surface area (Å²) in [7, 11) is -3.93. The van der Waals surface area contributed by atoms with Gasteiger partial charge in [-0.2, -0.15) is 4.31 Å². The smallest absolute Gasteiger partial charge is 0.243 e. The van der Waals surface area contributed by atoms with Gasteiger partial charge in [-0.1, -0.05) is 19.0 Å². The molecule has 0 aliphatic rings. The lowest BCUT2D eigenvalue weighted by atomic mass is 10.2. The highest BCUT2D eigenvalue weighted by molar-refractivity contribution is 7.89. The molecule has 0 aliphatic heterocycles. The minimum absolute atomic E-state index is 0.00248. The fraction of sp³-hybridized carbons (Fsp3) is 0.375. The number of sulfonamides is 1. The van der Waals surface area contributed by atoms with Crippen LogP contribution in [0.25, 0.3) is 0 Å². The number of aromatic nitrogens is 1. The molecule has 0 radical (unpaired) electrons. The molecule has 0 saturated carbocycles. The van der Waals surface area contributed by atoms with E-state index in [4.69, 9.17) is 4.52 Å². The van der Waals surface area contributed by atoms with Gasteiger partial charge in [0.2, 0.25) is 15.9 Å². The summed E-state index contributed by atoms with van der Waals surface area (Å²) in [6.07, 6.45) is 0. The maximum atomic E-state index is 13.1. The third-order valence-corrected chi connectivity index (χ3v) is 5.06. The molecule has 1 heterocycles. The molecule has 0 unspecified atom stereocenters. The van der Waals surface area contributed by atoms with Gasteiger partial charge in [0.05, 0.1) is 11.4 Å². The lowest BCUT2D eigenvalue weighted by Gasteiger charge is -2.23. The highest BCUT2D eigenvalue weighted by Crippen LogP contribution is 2.18. The summed E-state index contributed by atoms with van der Waals surface area (Å²) in [5, 5.41) is 6.13. The normalized spacial score (nSPS) is 11.9. The second-order valence-corrected chi connectivity index (χ2v) is 7.95. The molecule has 1 aromatic heterocycles. The van der Waals surface area contributed by atoms with Crippen LogP contribution in [0.3, 0.4) is 0 Å². The Bertz CT molecular complexity index is 831. The fourth-order valence-electron chi connectivity index (χ4n) is 2.18. The van der Waals surface area contributed by atoms with Crippen LogP contribution in [0.4, 0.5) is 10.2 Å². The van der Waals surface area contributed by atoms with E-state index in [1.807, 2.05) is 13.8 Å². The van der Waals surface area contributed by atoms with Gasteiger partial charge in [-0.25, -0.2) is 12.8 Å². The van der Waals surface area contributed by atoms with E-state index < -0.39 is 21.7 Å². The third kappa shape index (κ3) is 5.10. The van der Waals surface area contributed by atoms with Crippen molar-refractivity contribution in [3.05, 3.63) is 41.9 Å². The molecule has 2 rings (SSSR count). The SMILES string of the molecule is Cc1cc(NC(=O)CN(CC(C)C)S(=O)(=O)c2ccc(F)cc2)no1. The Kier molecular flexibility index (Phi) is 5.91. The molecule has 25 heavy (non-hydrogen) atoms. The highest BCUT2D eigenvalue weighted by atomic mass is 32.2.